The third-order valence-corrected chi connectivity index (χ3v) is 19.8. The fourth-order valence-corrected chi connectivity index (χ4v) is 13.1. The Morgan fingerprint density at radius 2 is 0.570 bits per heavy atom. The van der Waals surface area contributed by atoms with Crippen molar-refractivity contribution in [1.82, 2.24) is 0 Å². The van der Waals surface area contributed by atoms with Gasteiger partial charge in [-0.3, -0.25) is 18.6 Å². The second kappa shape index (κ2) is 79.8. The van der Waals surface area contributed by atoms with Crippen LogP contribution in [0.3, 0.4) is 0 Å². The summed E-state index contributed by atoms with van der Waals surface area (Å²) in [6, 6.07) is 0. The highest BCUT2D eigenvalue weighted by molar-refractivity contribution is 7.47. The fourth-order valence-electron chi connectivity index (χ4n) is 12.4. The molecule has 0 aliphatic carbocycles. The first-order chi connectivity index (χ1) is 49.0. The molecule has 0 amide bonds. The maximum Gasteiger partial charge on any atom is 0.472 e. The smallest absolute Gasteiger partial charge is 0.462 e. The summed E-state index contributed by atoms with van der Waals surface area (Å²) in [7, 11) is 1.49. The van der Waals surface area contributed by atoms with E-state index in [9.17, 15) is 19.0 Å². The predicted octanol–water partition coefficient (Wildman–Crippen LogP) is 28.7. The third kappa shape index (κ3) is 83.6. The number of hydrogen-bond acceptors (Lipinski definition) is 7. The number of ether oxygens (including phenoxy) is 2. The van der Waals surface area contributed by atoms with E-state index in [2.05, 4.69) is 123 Å². The lowest BCUT2D eigenvalue weighted by molar-refractivity contribution is -0.870. The van der Waals surface area contributed by atoms with E-state index in [1.165, 1.54) is 270 Å². The summed E-state index contributed by atoms with van der Waals surface area (Å²) < 4.78 is 34.9. The molecular formula is C90H163NO8P+. The molecule has 0 aromatic heterocycles. The van der Waals surface area contributed by atoms with Crippen molar-refractivity contribution in [3.05, 3.63) is 109 Å². The SMILES string of the molecule is CC/C=C\C/C=C\C/C=C\C/C=C\C/C=C\C/C=C\C/C=C\C/C=C\C/C=C\CCCCCCCCCCCCCCCC(=O)OC(COC(=O)CCCCCCCCCCCCCCCCCCCCCCCCCCCCCCCCCCCCC)COP(=O)(O)OCC[N+](C)(C)C. The Hall–Kier alpha value is -3.33. The van der Waals surface area contributed by atoms with Gasteiger partial charge in [-0.1, -0.05) is 412 Å². The molecule has 0 bridgehead atoms. The van der Waals surface area contributed by atoms with Gasteiger partial charge in [-0.25, -0.2) is 4.57 Å². The molecule has 0 aliphatic rings. The second-order valence-corrected chi connectivity index (χ2v) is 31.3. The van der Waals surface area contributed by atoms with Crippen molar-refractivity contribution in [2.45, 2.75) is 405 Å². The van der Waals surface area contributed by atoms with Crippen LogP contribution < -0.4 is 0 Å². The molecular weight excluding hydrogens is 1250 g/mol. The normalized spacial score (nSPS) is 13.5. The summed E-state index contributed by atoms with van der Waals surface area (Å²) in [5.74, 6) is -0.784. The number of allylic oxidation sites excluding steroid dienone is 18. The summed E-state index contributed by atoms with van der Waals surface area (Å²) in [4.78, 5) is 36.0. The number of esters is 2. The van der Waals surface area contributed by atoms with Crippen molar-refractivity contribution in [2.75, 3.05) is 47.5 Å². The van der Waals surface area contributed by atoms with E-state index in [4.69, 9.17) is 18.5 Å². The molecule has 2 atom stereocenters. The van der Waals surface area contributed by atoms with Crippen LogP contribution in [0.25, 0.3) is 0 Å². The Morgan fingerprint density at radius 3 is 0.850 bits per heavy atom. The summed E-state index contributed by atoms with van der Waals surface area (Å²) >= 11 is 0. The van der Waals surface area contributed by atoms with Crippen LogP contribution in [0.2, 0.25) is 0 Å². The molecule has 0 aliphatic heterocycles. The number of quaternary nitrogens is 1. The van der Waals surface area contributed by atoms with Crippen LogP contribution in [0.5, 0.6) is 0 Å². The van der Waals surface area contributed by atoms with Crippen molar-refractivity contribution in [2.24, 2.45) is 0 Å². The quantitative estimate of drug-likeness (QED) is 0.0211. The van der Waals surface area contributed by atoms with Crippen LogP contribution in [0, 0.1) is 0 Å². The molecule has 10 heteroatoms. The molecule has 0 heterocycles. The monoisotopic (exact) mass is 1420 g/mol. The van der Waals surface area contributed by atoms with E-state index in [0.29, 0.717) is 23.9 Å². The van der Waals surface area contributed by atoms with Gasteiger partial charge in [0.05, 0.1) is 27.7 Å². The van der Waals surface area contributed by atoms with Crippen molar-refractivity contribution in [1.29, 1.82) is 0 Å². The van der Waals surface area contributed by atoms with Gasteiger partial charge in [0.1, 0.15) is 19.8 Å². The predicted molar refractivity (Wildman–Crippen MR) is 436 cm³/mol. The molecule has 0 saturated carbocycles. The van der Waals surface area contributed by atoms with E-state index in [1.807, 2.05) is 21.1 Å². The summed E-state index contributed by atoms with van der Waals surface area (Å²) in [6.07, 6.45) is 114. The summed E-state index contributed by atoms with van der Waals surface area (Å²) in [5, 5.41) is 0. The minimum absolute atomic E-state index is 0.0302. The van der Waals surface area contributed by atoms with Gasteiger partial charge in [0.25, 0.3) is 0 Å². The van der Waals surface area contributed by atoms with Crippen LogP contribution >= 0.6 is 7.82 Å². The Labute approximate surface area is 620 Å². The molecule has 100 heavy (non-hydrogen) atoms. The lowest BCUT2D eigenvalue weighted by atomic mass is 10.0. The van der Waals surface area contributed by atoms with Crippen LogP contribution in [0.1, 0.15) is 399 Å². The van der Waals surface area contributed by atoms with Crippen LogP contribution in [-0.2, 0) is 32.7 Å². The van der Waals surface area contributed by atoms with Crippen LogP contribution in [0.15, 0.2) is 109 Å². The van der Waals surface area contributed by atoms with Gasteiger partial charge in [0, 0.05) is 12.8 Å². The molecule has 0 spiro atoms. The Kier molecular flexibility index (Phi) is 77.1. The number of rotatable bonds is 79. The zero-order valence-corrected chi connectivity index (χ0v) is 67.3. The fraction of sp³-hybridized carbons (Fsp3) is 0.778. The molecule has 0 aromatic carbocycles. The Morgan fingerprint density at radius 1 is 0.320 bits per heavy atom. The number of hydrogen-bond donors (Lipinski definition) is 1. The minimum Gasteiger partial charge on any atom is -0.462 e. The number of nitrogens with zero attached hydrogens (tertiary/aromatic N) is 1. The van der Waals surface area contributed by atoms with Crippen molar-refractivity contribution in [3.63, 3.8) is 0 Å². The van der Waals surface area contributed by atoms with Gasteiger partial charge in [-0.05, 0) is 83.5 Å². The second-order valence-electron chi connectivity index (χ2n) is 29.8. The first kappa shape index (κ1) is 96.7. The lowest BCUT2D eigenvalue weighted by Gasteiger charge is -2.24. The van der Waals surface area contributed by atoms with Crippen molar-refractivity contribution < 1.29 is 42.1 Å². The van der Waals surface area contributed by atoms with E-state index in [1.54, 1.807) is 0 Å². The molecule has 0 fully saturated rings. The standard InChI is InChI=1S/C90H162NO8P/c1-6-8-10-12-14-16-18-20-22-24-26-28-30-32-34-36-38-40-42-43-44-45-46-47-49-51-53-55-57-59-61-63-65-67-69-71-73-75-77-79-81-83-90(93)99-88(87-98-100(94,95)97-85-84-91(3,4)5)86-96-89(92)82-80-78-76-74-72-70-68-66-64-62-60-58-56-54-52-50-48-41-39-37-35-33-31-29-27-25-23-21-19-17-15-13-11-9-7-2/h8,10,14,16,20,22,26,28,32,34,38,40,43-44,46-47,51,53,88H,6-7,9,11-13,15,17-19,21,23-25,27,29-31,33,35-37,39,41-42,45,48-50,52,54-87H2,1-5H3/p+1/b10-8-,16-14-,22-20-,28-26-,34-32-,40-38-,44-43-,47-46-,53-51-. The topological polar surface area (TPSA) is 108 Å². The largest absolute Gasteiger partial charge is 0.472 e. The summed E-state index contributed by atoms with van der Waals surface area (Å²) in [5.41, 5.74) is 0. The van der Waals surface area contributed by atoms with Crippen molar-refractivity contribution in [3.8, 4) is 0 Å². The molecule has 0 rings (SSSR count). The summed E-state index contributed by atoms with van der Waals surface area (Å²) in [6.45, 7) is 4.38. The van der Waals surface area contributed by atoms with Gasteiger partial charge in [-0.2, -0.15) is 0 Å². The average molecular weight is 1420 g/mol. The minimum atomic E-state index is -4.40. The number of phosphoric acid groups is 1. The van der Waals surface area contributed by atoms with Crippen LogP contribution in [-0.4, -0.2) is 74.9 Å². The Bertz CT molecular complexity index is 2060. The first-order valence-electron chi connectivity index (χ1n) is 42.6. The number of phosphoric ester groups is 1. The van der Waals surface area contributed by atoms with Gasteiger partial charge >= 0.3 is 19.8 Å². The molecule has 9 nitrogen and oxygen atoms in total. The maximum absolute atomic E-state index is 12.9. The van der Waals surface area contributed by atoms with Crippen molar-refractivity contribution >= 4 is 19.8 Å². The van der Waals surface area contributed by atoms with E-state index >= 15 is 0 Å². The zero-order valence-electron chi connectivity index (χ0n) is 66.4. The van der Waals surface area contributed by atoms with Gasteiger partial charge in [-0.15, -0.1) is 0 Å². The van der Waals surface area contributed by atoms with Crippen LogP contribution in [0.4, 0.5) is 0 Å². The number of likely N-dealkylation sites (N-methyl/N-ethyl adjacent to an activating group) is 1. The van der Waals surface area contributed by atoms with Gasteiger partial charge in [0.2, 0.25) is 0 Å². The third-order valence-electron chi connectivity index (χ3n) is 18.8. The highest BCUT2D eigenvalue weighted by Gasteiger charge is 2.27. The number of carbonyl (C=O) groups is 2. The average Bonchev–Trinajstić information content (AvgIpc) is 1.30. The first-order valence-corrected chi connectivity index (χ1v) is 44.1. The zero-order chi connectivity index (χ0) is 72.5. The molecule has 2 unspecified atom stereocenters. The van der Waals surface area contributed by atoms with Gasteiger partial charge < -0.3 is 18.9 Å². The molecule has 1 N–H and O–H groups in total. The molecule has 0 aromatic rings. The highest BCUT2D eigenvalue weighted by Crippen LogP contribution is 2.43. The molecule has 580 valence electrons. The number of unbranched alkanes of at least 4 members (excludes halogenated alkanes) is 47. The maximum atomic E-state index is 12.9. The number of carbonyl (C=O) groups excluding carboxylic acids is 2. The van der Waals surface area contributed by atoms with E-state index in [-0.39, 0.29) is 25.6 Å². The van der Waals surface area contributed by atoms with E-state index in [0.717, 1.165) is 96.3 Å². The molecule has 0 saturated heterocycles. The van der Waals surface area contributed by atoms with Gasteiger partial charge in [0.15, 0.2) is 6.10 Å². The molecule has 0 radical (unpaired) electrons. The Balaban J connectivity index is 3.95. The lowest BCUT2D eigenvalue weighted by Crippen LogP contribution is -2.37. The highest BCUT2D eigenvalue weighted by atomic mass is 31.2. The van der Waals surface area contributed by atoms with E-state index < -0.39 is 26.5 Å².